The van der Waals surface area contributed by atoms with E-state index >= 15 is 0 Å². The second-order valence-electron chi connectivity index (χ2n) is 3.76. The van der Waals surface area contributed by atoms with Gasteiger partial charge in [0.25, 0.3) is 0 Å². The summed E-state index contributed by atoms with van der Waals surface area (Å²) in [5.74, 6) is 5.56. The van der Waals surface area contributed by atoms with Gasteiger partial charge in [-0.05, 0) is 24.3 Å². The molecule has 106 valence electrons. The largest absolute Gasteiger partial charge is 0.416 e. The van der Waals surface area contributed by atoms with Crippen LogP contribution in [0, 0.1) is 0 Å². The van der Waals surface area contributed by atoms with Crippen molar-refractivity contribution in [3.63, 3.8) is 0 Å². The van der Waals surface area contributed by atoms with Crippen molar-refractivity contribution >= 4 is 29.1 Å². The molecular weight excluding hydrogens is 295 g/mol. The molecule has 20 heavy (non-hydrogen) atoms. The van der Waals surface area contributed by atoms with Crippen molar-refractivity contribution in [1.82, 2.24) is 9.97 Å². The minimum Gasteiger partial charge on any atom is -0.340 e. The molecule has 5 nitrogen and oxygen atoms in total. The molecule has 9 heteroatoms. The van der Waals surface area contributed by atoms with Gasteiger partial charge in [-0.3, -0.25) is 5.43 Å². The van der Waals surface area contributed by atoms with Gasteiger partial charge in [-0.15, -0.1) is 0 Å². The minimum atomic E-state index is -4.48. The number of nitrogens with two attached hydrogens (primary N) is 1. The predicted molar refractivity (Wildman–Crippen MR) is 69.6 cm³/mol. The Kier molecular flexibility index (Phi) is 3.96. The van der Waals surface area contributed by atoms with Gasteiger partial charge in [0, 0.05) is 16.9 Å². The van der Waals surface area contributed by atoms with Gasteiger partial charge >= 0.3 is 6.18 Å². The fourth-order valence-electron chi connectivity index (χ4n) is 1.47. The number of nitrogens with one attached hydrogen (secondary N) is 2. The van der Waals surface area contributed by atoms with E-state index in [1.165, 1.54) is 18.3 Å². The molecule has 0 aliphatic rings. The molecule has 0 bridgehead atoms. The number of aromatic nitrogens is 2. The van der Waals surface area contributed by atoms with Crippen LogP contribution in [0.25, 0.3) is 0 Å². The zero-order valence-corrected chi connectivity index (χ0v) is 10.6. The number of alkyl halides is 3. The van der Waals surface area contributed by atoms with Crippen LogP contribution in [0.1, 0.15) is 5.56 Å². The van der Waals surface area contributed by atoms with Crippen LogP contribution >= 0.6 is 11.6 Å². The molecule has 2 aromatic rings. The average molecular weight is 304 g/mol. The number of nitrogen functional groups attached to an aromatic ring is 1. The van der Waals surface area contributed by atoms with Gasteiger partial charge in [-0.2, -0.15) is 18.2 Å². The Hall–Kier alpha value is -2.06. The molecule has 4 N–H and O–H groups in total. The Balaban J connectivity index is 2.31. The maximum Gasteiger partial charge on any atom is 0.416 e. The van der Waals surface area contributed by atoms with Crippen LogP contribution in [0.5, 0.6) is 0 Å². The SMILES string of the molecule is NNc1nccc(Nc2cc(Cl)cc(C(F)(F)F)c2)n1. The van der Waals surface area contributed by atoms with Crippen molar-refractivity contribution in [3.8, 4) is 0 Å². The fraction of sp³-hybridized carbons (Fsp3) is 0.0909. The lowest BCUT2D eigenvalue weighted by molar-refractivity contribution is -0.137. The minimum absolute atomic E-state index is 0.0337. The summed E-state index contributed by atoms with van der Waals surface area (Å²) in [6.07, 6.45) is -3.07. The van der Waals surface area contributed by atoms with Crippen molar-refractivity contribution in [2.75, 3.05) is 10.7 Å². The van der Waals surface area contributed by atoms with Crippen LogP contribution < -0.4 is 16.6 Å². The summed E-state index contributed by atoms with van der Waals surface area (Å²) < 4.78 is 38.0. The maximum absolute atomic E-state index is 12.7. The Bertz CT molecular complexity index is 617. The van der Waals surface area contributed by atoms with E-state index in [2.05, 4.69) is 20.7 Å². The van der Waals surface area contributed by atoms with Crippen molar-refractivity contribution in [1.29, 1.82) is 0 Å². The molecule has 0 unspecified atom stereocenters. The molecule has 0 saturated heterocycles. The topological polar surface area (TPSA) is 75.9 Å². The first-order valence-electron chi connectivity index (χ1n) is 5.33. The molecule has 2 rings (SSSR count). The van der Waals surface area contributed by atoms with Gasteiger partial charge in [0.1, 0.15) is 5.82 Å². The van der Waals surface area contributed by atoms with Crippen LogP contribution in [0.15, 0.2) is 30.5 Å². The summed E-state index contributed by atoms with van der Waals surface area (Å²) >= 11 is 5.68. The van der Waals surface area contributed by atoms with Gasteiger partial charge in [0.05, 0.1) is 5.56 Å². The predicted octanol–water partition coefficient (Wildman–Crippen LogP) is 3.18. The molecule has 0 atom stereocenters. The molecular formula is C11H9ClF3N5. The third-order valence-corrected chi connectivity index (χ3v) is 2.50. The number of rotatable bonds is 3. The van der Waals surface area contributed by atoms with Crippen LogP contribution in [-0.4, -0.2) is 9.97 Å². The van der Waals surface area contributed by atoms with Crippen LogP contribution in [0.2, 0.25) is 5.02 Å². The van der Waals surface area contributed by atoms with Gasteiger partial charge < -0.3 is 5.32 Å². The third-order valence-electron chi connectivity index (χ3n) is 2.28. The fourth-order valence-corrected chi connectivity index (χ4v) is 1.71. The number of anilines is 3. The van der Waals surface area contributed by atoms with E-state index in [0.29, 0.717) is 0 Å². The number of nitrogens with zero attached hydrogens (tertiary/aromatic N) is 2. The number of hydrogen-bond acceptors (Lipinski definition) is 5. The zero-order valence-electron chi connectivity index (χ0n) is 9.87. The van der Waals surface area contributed by atoms with E-state index in [1.54, 1.807) is 0 Å². The Morgan fingerprint density at radius 2 is 1.95 bits per heavy atom. The van der Waals surface area contributed by atoms with Crippen molar-refractivity contribution in [2.45, 2.75) is 6.18 Å². The lowest BCUT2D eigenvalue weighted by Gasteiger charge is -2.11. The van der Waals surface area contributed by atoms with Crippen LogP contribution in [-0.2, 0) is 6.18 Å². The smallest absolute Gasteiger partial charge is 0.340 e. The number of hydrogen-bond donors (Lipinski definition) is 3. The molecule has 0 fully saturated rings. The molecule has 0 spiro atoms. The molecule has 1 aromatic carbocycles. The quantitative estimate of drug-likeness (QED) is 0.600. The lowest BCUT2D eigenvalue weighted by Crippen LogP contribution is -2.11. The molecule has 1 aromatic heterocycles. The zero-order chi connectivity index (χ0) is 14.8. The standard InChI is InChI=1S/C11H9ClF3N5/c12-7-3-6(11(13,14)15)4-8(5-7)18-9-1-2-17-10(19-9)20-16/h1-5H,16H2,(H2,17,18,19,20). The van der Waals surface area contributed by atoms with E-state index < -0.39 is 11.7 Å². The van der Waals surface area contributed by atoms with Gasteiger partial charge in [0.2, 0.25) is 5.95 Å². The van der Waals surface area contributed by atoms with E-state index in [0.717, 1.165) is 12.1 Å². The first-order chi connectivity index (χ1) is 9.38. The van der Waals surface area contributed by atoms with E-state index in [1.807, 2.05) is 0 Å². The molecule has 0 amide bonds. The average Bonchev–Trinajstić information content (AvgIpc) is 2.37. The summed E-state index contributed by atoms with van der Waals surface area (Å²) in [5, 5.41) is 2.67. The first-order valence-corrected chi connectivity index (χ1v) is 5.71. The second-order valence-corrected chi connectivity index (χ2v) is 4.20. The third kappa shape index (κ3) is 3.49. The monoisotopic (exact) mass is 303 g/mol. The highest BCUT2D eigenvalue weighted by Gasteiger charge is 2.31. The summed E-state index contributed by atoms with van der Waals surface area (Å²) in [7, 11) is 0. The van der Waals surface area contributed by atoms with Gasteiger partial charge in [0.15, 0.2) is 0 Å². The maximum atomic E-state index is 12.7. The molecule has 0 aliphatic carbocycles. The van der Waals surface area contributed by atoms with Crippen molar-refractivity contribution in [3.05, 3.63) is 41.0 Å². The molecule has 0 saturated carbocycles. The Morgan fingerprint density at radius 1 is 1.20 bits per heavy atom. The number of halogens is 4. The highest BCUT2D eigenvalue weighted by Crippen LogP contribution is 2.33. The van der Waals surface area contributed by atoms with E-state index in [9.17, 15) is 13.2 Å². The molecule has 0 radical (unpaired) electrons. The summed E-state index contributed by atoms with van der Waals surface area (Å²) in [4.78, 5) is 7.71. The number of benzene rings is 1. The lowest BCUT2D eigenvalue weighted by atomic mass is 10.2. The normalized spacial score (nSPS) is 11.2. The highest BCUT2D eigenvalue weighted by molar-refractivity contribution is 6.31. The van der Waals surface area contributed by atoms with E-state index in [-0.39, 0.29) is 22.5 Å². The molecule has 1 heterocycles. The Labute approximate surface area is 117 Å². The van der Waals surface area contributed by atoms with Crippen LogP contribution in [0.3, 0.4) is 0 Å². The number of hydrazine groups is 1. The van der Waals surface area contributed by atoms with E-state index in [4.69, 9.17) is 17.4 Å². The molecule has 0 aliphatic heterocycles. The van der Waals surface area contributed by atoms with Gasteiger partial charge in [-0.1, -0.05) is 11.6 Å². The summed E-state index contributed by atoms with van der Waals surface area (Å²) in [6, 6.07) is 4.62. The highest BCUT2D eigenvalue weighted by atomic mass is 35.5. The van der Waals surface area contributed by atoms with Crippen molar-refractivity contribution < 1.29 is 13.2 Å². The summed E-state index contributed by atoms with van der Waals surface area (Å²) in [6.45, 7) is 0. The van der Waals surface area contributed by atoms with Crippen LogP contribution in [0.4, 0.5) is 30.6 Å². The summed E-state index contributed by atoms with van der Waals surface area (Å²) in [5.41, 5.74) is 1.54. The Morgan fingerprint density at radius 3 is 2.60 bits per heavy atom. The van der Waals surface area contributed by atoms with Crippen molar-refractivity contribution in [2.24, 2.45) is 5.84 Å². The van der Waals surface area contributed by atoms with Gasteiger partial charge in [-0.25, -0.2) is 10.8 Å². The second kappa shape index (κ2) is 5.51. The first kappa shape index (κ1) is 14.4.